The Morgan fingerprint density at radius 2 is 1.19 bits per heavy atom. The lowest BCUT2D eigenvalue weighted by Crippen LogP contribution is -2.10. The van der Waals surface area contributed by atoms with Gasteiger partial charge in [0.05, 0.1) is 22.1 Å². The van der Waals surface area contributed by atoms with Crippen LogP contribution < -0.4 is 4.90 Å². The zero-order valence-corrected chi connectivity index (χ0v) is 27.9. The minimum atomic E-state index is 0.601. The smallest absolute Gasteiger partial charge is 0.227 e. The third kappa shape index (κ3) is 4.33. The van der Waals surface area contributed by atoms with Crippen molar-refractivity contribution in [3.63, 3.8) is 0 Å². The van der Waals surface area contributed by atoms with Crippen LogP contribution in [0.4, 0.5) is 17.1 Å². The normalized spacial score (nSPS) is 11.8. The number of benzene rings is 8. The third-order valence-electron chi connectivity index (χ3n) is 10.2. The summed E-state index contributed by atoms with van der Waals surface area (Å²) < 4.78 is 15.3. The predicted octanol–water partition coefficient (Wildman–Crippen LogP) is 13.1. The molecule has 5 nitrogen and oxygen atoms in total. The number of hydrogen-bond donors (Lipinski definition) is 0. The van der Waals surface area contributed by atoms with Crippen molar-refractivity contribution in [2.24, 2.45) is 0 Å². The Morgan fingerprint density at radius 1 is 0.481 bits per heavy atom. The zero-order chi connectivity index (χ0) is 34.2. The Hall–Kier alpha value is -7.11. The van der Waals surface area contributed by atoms with E-state index in [4.69, 9.17) is 13.8 Å². The van der Waals surface area contributed by atoms with E-state index in [0.717, 1.165) is 77.6 Å². The molecule has 0 aliphatic heterocycles. The molecule has 5 heteroatoms. The number of para-hydroxylation sites is 3. The van der Waals surface area contributed by atoms with Gasteiger partial charge in [0.2, 0.25) is 5.89 Å². The van der Waals surface area contributed by atoms with Gasteiger partial charge in [0.25, 0.3) is 0 Å². The number of nitrogens with zero attached hydrogens (tertiary/aromatic N) is 3. The van der Waals surface area contributed by atoms with E-state index in [2.05, 4.69) is 143 Å². The Labute approximate surface area is 298 Å². The highest BCUT2D eigenvalue weighted by Crippen LogP contribution is 2.45. The summed E-state index contributed by atoms with van der Waals surface area (Å²) in [5.41, 5.74) is 10.7. The minimum absolute atomic E-state index is 0.601. The Morgan fingerprint density at radius 3 is 2.08 bits per heavy atom. The monoisotopic (exact) mass is 667 g/mol. The number of aromatic nitrogens is 2. The number of fused-ring (bicyclic) bond motifs is 9. The highest BCUT2D eigenvalue weighted by atomic mass is 16.3. The van der Waals surface area contributed by atoms with Gasteiger partial charge in [-0.3, -0.25) is 0 Å². The number of rotatable bonds is 5. The molecule has 0 N–H and O–H groups in total. The van der Waals surface area contributed by atoms with Crippen molar-refractivity contribution in [1.82, 2.24) is 9.55 Å². The maximum Gasteiger partial charge on any atom is 0.227 e. The molecule has 3 heterocycles. The first-order valence-electron chi connectivity index (χ1n) is 17.5. The molecule has 0 spiro atoms. The van der Waals surface area contributed by atoms with Gasteiger partial charge >= 0.3 is 0 Å². The molecule has 0 radical (unpaired) electrons. The van der Waals surface area contributed by atoms with Gasteiger partial charge < -0.3 is 18.3 Å². The van der Waals surface area contributed by atoms with Crippen LogP contribution in [0.2, 0.25) is 0 Å². The fraction of sp³-hybridized carbons (Fsp3) is 0. The highest BCUT2D eigenvalue weighted by Gasteiger charge is 2.23. The summed E-state index contributed by atoms with van der Waals surface area (Å²) in [6.45, 7) is 0. The van der Waals surface area contributed by atoms with Crippen molar-refractivity contribution in [3.05, 3.63) is 176 Å². The van der Waals surface area contributed by atoms with Gasteiger partial charge in [-0.2, -0.15) is 0 Å². The largest absolute Gasteiger partial charge is 0.456 e. The van der Waals surface area contributed by atoms with Crippen LogP contribution >= 0.6 is 0 Å². The fourth-order valence-electron chi connectivity index (χ4n) is 7.86. The summed E-state index contributed by atoms with van der Waals surface area (Å²) in [4.78, 5) is 7.30. The van der Waals surface area contributed by atoms with Crippen molar-refractivity contribution in [2.45, 2.75) is 0 Å². The summed E-state index contributed by atoms with van der Waals surface area (Å²) >= 11 is 0. The summed E-state index contributed by atoms with van der Waals surface area (Å²) in [6, 6.07) is 61.5. The number of furan rings is 1. The molecule has 0 bridgehead atoms. The Kier molecular flexibility index (Phi) is 6.18. The standard InChI is InChI=1S/C47H29N3O2/c1-3-12-31(13-4-1)47-48-39-26-22-30-14-11-20-41(45(30)46(39)52-47)49(33-24-27-44-38(28-33)37-18-8-10-21-43(37)51-44)34-23-25-36-35-17-7-9-19-40(35)50(42(36)29-34)32-15-5-2-6-16-32/h1-29H. The average molecular weight is 668 g/mol. The molecule has 3 aromatic heterocycles. The number of anilines is 3. The Balaban J connectivity index is 1.22. The van der Waals surface area contributed by atoms with E-state index < -0.39 is 0 Å². The molecule has 11 aromatic rings. The van der Waals surface area contributed by atoms with Crippen LogP contribution in [0.1, 0.15) is 0 Å². The van der Waals surface area contributed by atoms with E-state index in [1.807, 2.05) is 42.5 Å². The molecular formula is C47H29N3O2. The van der Waals surface area contributed by atoms with Gasteiger partial charge in [-0.25, -0.2) is 4.98 Å². The first kappa shape index (κ1) is 28.7. The molecule has 0 saturated heterocycles. The van der Waals surface area contributed by atoms with Crippen LogP contribution in [0.25, 0.3) is 82.8 Å². The van der Waals surface area contributed by atoms with Crippen LogP contribution in [-0.2, 0) is 0 Å². The molecule has 52 heavy (non-hydrogen) atoms. The molecule has 0 saturated carbocycles. The molecule has 0 aliphatic carbocycles. The first-order valence-corrected chi connectivity index (χ1v) is 17.5. The number of oxazole rings is 1. The van der Waals surface area contributed by atoms with Gasteiger partial charge in [0.15, 0.2) is 5.58 Å². The lowest BCUT2D eigenvalue weighted by Gasteiger charge is -2.27. The van der Waals surface area contributed by atoms with Crippen LogP contribution in [0.5, 0.6) is 0 Å². The van der Waals surface area contributed by atoms with Crippen molar-refractivity contribution in [1.29, 1.82) is 0 Å². The second-order valence-corrected chi connectivity index (χ2v) is 13.2. The van der Waals surface area contributed by atoms with E-state index in [1.54, 1.807) is 0 Å². The highest BCUT2D eigenvalue weighted by molar-refractivity contribution is 6.15. The lowest BCUT2D eigenvalue weighted by molar-refractivity contribution is 0.623. The van der Waals surface area contributed by atoms with E-state index in [9.17, 15) is 0 Å². The molecule has 0 fully saturated rings. The van der Waals surface area contributed by atoms with Crippen LogP contribution in [0.15, 0.2) is 185 Å². The van der Waals surface area contributed by atoms with Crippen molar-refractivity contribution >= 4 is 82.7 Å². The van der Waals surface area contributed by atoms with Gasteiger partial charge in [0.1, 0.15) is 16.7 Å². The van der Waals surface area contributed by atoms with Gasteiger partial charge in [-0.15, -0.1) is 0 Å². The molecular weight excluding hydrogens is 639 g/mol. The Bertz CT molecular complexity index is 3140. The molecule has 11 rings (SSSR count). The lowest BCUT2D eigenvalue weighted by atomic mass is 10.0. The second-order valence-electron chi connectivity index (χ2n) is 13.2. The topological polar surface area (TPSA) is 47.3 Å². The maximum atomic E-state index is 6.68. The molecule has 8 aromatic carbocycles. The third-order valence-corrected chi connectivity index (χ3v) is 10.2. The fourth-order valence-corrected chi connectivity index (χ4v) is 7.86. The molecule has 0 amide bonds. The minimum Gasteiger partial charge on any atom is -0.456 e. The van der Waals surface area contributed by atoms with Crippen LogP contribution in [0, 0.1) is 0 Å². The van der Waals surface area contributed by atoms with E-state index in [-0.39, 0.29) is 0 Å². The summed E-state index contributed by atoms with van der Waals surface area (Å²) in [7, 11) is 0. The quantitative estimate of drug-likeness (QED) is 0.183. The van der Waals surface area contributed by atoms with Crippen molar-refractivity contribution in [2.75, 3.05) is 4.90 Å². The van der Waals surface area contributed by atoms with Gasteiger partial charge in [-0.1, -0.05) is 97.1 Å². The average Bonchev–Trinajstić information content (AvgIpc) is 3.91. The molecule has 0 atom stereocenters. The van der Waals surface area contributed by atoms with E-state index >= 15 is 0 Å². The van der Waals surface area contributed by atoms with E-state index in [1.165, 1.54) is 16.3 Å². The van der Waals surface area contributed by atoms with Gasteiger partial charge in [0, 0.05) is 44.2 Å². The zero-order valence-electron chi connectivity index (χ0n) is 27.9. The van der Waals surface area contributed by atoms with Crippen LogP contribution in [-0.4, -0.2) is 9.55 Å². The van der Waals surface area contributed by atoms with Crippen molar-refractivity contribution in [3.8, 4) is 17.1 Å². The summed E-state index contributed by atoms with van der Waals surface area (Å²) in [5.74, 6) is 0.601. The second kappa shape index (κ2) is 11.2. The molecule has 244 valence electrons. The predicted molar refractivity (Wildman–Crippen MR) is 213 cm³/mol. The number of hydrogen-bond acceptors (Lipinski definition) is 4. The van der Waals surface area contributed by atoms with Crippen molar-refractivity contribution < 1.29 is 8.83 Å². The van der Waals surface area contributed by atoms with Gasteiger partial charge in [-0.05, 0) is 84.2 Å². The summed E-state index contributed by atoms with van der Waals surface area (Å²) in [5, 5.41) is 6.63. The maximum absolute atomic E-state index is 6.68. The summed E-state index contributed by atoms with van der Waals surface area (Å²) in [6.07, 6.45) is 0. The first-order chi connectivity index (χ1) is 25.8. The molecule has 0 unspecified atom stereocenters. The molecule has 0 aliphatic rings. The SMILES string of the molecule is c1ccc(-c2nc3ccc4cccc(N(c5ccc6oc7ccccc7c6c5)c5ccc6c7ccccc7n(-c7ccccc7)c6c5)c4c3o2)cc1. The van der Waals surface area contributed by atoms with Crippen LogP contribution in [0.3, 0.4) is 0 Å². The van der Waals surface area contributed by atoms with E-state index in [0.29, 0.717) is 5.89 Å².